The number of aryl methyl sites for hydroxylation is 1. The van der Waals surface area contributed by atoms with E-state index < -0.39 is 9.84 Å². The molecule has 0 bridgehead atoms. The van der Waals surface area contributed by atoms with E-state index in [-0.39, 0.29) is 17.4 Å². The van der Waals surface area contributed by atoms with Gasteiger partial charge in [-0.15, -0.1) is 10.2 Å². The highest BCUT2D eigenvalue weighted by atomic mass is 32.2. The predicted molar refractivity (Wildman–Crippen MR) is 85.5 cm³/mol. The Kier molecular flexibility index (Phi) is 4.54. The smallest absolute Gasteiger partial charge is 0.276 e. The molecule has 1 aliphatic heterocycles. The van der Waals surface area contributed by atoms with Gasteiger partial charge in [0.1, 0.15) is 0 Å². The molecule has 5 nitrogen and oxygen atoms in total. The Morgan fingerprint density at radius 3 is 2.73 bits per heavy atom. The molecule has 2 aromatic rings. The molecule has 0 saturated carbocycles. The molecule has 1 aromatic heterocycles. The number of thioether (sulfide) groups is 1. The molecule has 22 heavy (non-hydrogen) atoms. The van der Waals surface area contributed by atoms with Gasteiger partial charge in [0.05, 0.1) is 11.5 Å². The molecule has 0 N–H and O–H groups in total. The van der Waals surface area contributed by atoms with E-state index in [1.54, 1.807) is 0 Å². The largest absolute Gasteiger partial charge is 0.416 e. The maximum atomic E-state index is 11.4. The van der Waals surface area contributed by atoms with Crippen LogP contribution in [0, 0.1) is 12.8 Å². The van der Waals surface area contributed by atoms with E-state index in [1.165, 1.54) is 22.9 Å². The lowest BCUT2D eigenvalue weighted by molar-refractivity contribution is 0.389. The monoisotopic (exact) mass is 338 g/mol. The molecule has 1 saturated heterocycles. The van der Waals surface area contributed by atoms with Crippen LogP contribution in [0.4, 0.5) is 0 Å². The highest BCUT2D eigenvalue weighted by Crippen LogP contribution is 2.25. The van der Waals surface area contributed by atoms with Crippen molar-refractivity contribution in [3.63, 3.8) is 0 Å². The van der Waals surface area contributed by atoms with E-state index >= 15 is 0 Å². The number of nitrogens with zero attached hydrogens (tertiary/aromatic N) is 2. The van der Waals surface area contributed by atoms with Gasteiger partial charge in [-0.2, -0.15) is 0 Å². The maximum Gasteiger partial charge on any atom is 0.276 e. The highest BCUT2D eigenvalue weighted by molar-refractivity contribution is 7.98. The molecule has 7 heteroatoms. The van der Waals surface area contributed by atoms with Crippen LogP contribution in [-0.2, 0) is 22.0 Å². The van der Waals surface area contributed by atoms with Crippen LogP contribution in [0.15, 0.2) is 33.9 Å². The molecule has 3 rings (SSSR count). The average molecular weight is 338 g/mol. The van der Waals surface area contributed by atoms with E-state index in [4.69, 9.17) is 4.42 Å². The first kappa shape index (κ1) is 15.6. The molecule has 0 amide bonds. The van der Waals surface area contributed by atoms with Gasteiger partial charge in [-0.25, -0.2) is 8.42 Å². The first-order chi connectivity index (χ1) is 10.5. The van der Waals surface area contributed by atoms with Crippen molar-refractivity contribution in [1.82, 2.24) is 10.2 Å². The van der Waals surface area contributed by atoms with Crippen molar-refractivity contribution in [2.45, 2.75) is 30.7 Å². The second-order valence-electron chi connectivity index (χ2n) is 5.71. The fourth-order valence-electron chi connectivity index (χ4n) is 2.49. The van der Waals surface area contributed by atoms with Crippen LogP contribution in [0.25, 0.3) is 0 Å². The second kappa shape index (κ2) is 6.42. The van der Waals surface area contributed by atoms with Crippen LogP contribution in [-0.4, -0.2) is 30.1 Å². The quantitative estimate of drug-likeness (QED) is 0.780. The van der Waals surface area contributed by atoms with Crippen molar-refractivity contribution >= 4 is 21.6 Å². The summed E-state index contributed by atoms with van der Waals surface area (Å²) < 4.78 is 28.5. The number of aromatic nitrogens is 2. The molecule has 0 aliphatic carbocycles. The summed E-state index contributed by atoms with van der Waals surface area (Å²) in [5, 5.41) is 8.58. The van der Waals surface area contributed by atoms with E-state index in [0.717, 1.165) is 5.75 Å². The van der Waals surface area contributed by atoms with Crippen LogP contribution in [0.3, 0.4) is 0 Å². The van der Waals surface area contributed by atoms with E-state index in [9.17, 15) is 8.42 Å². The Morgan fingerprint density at radius 1 is 1.27 bits per heavy atom. The van der Waals surface area contributed by atoms with Gasteiger partial charge in [0.25, 0.3) is 5.22 Å². The van der Waals surface area contributed by atoms with E-state index in [1.807, 2.05) is 0 Å². The zero-order valence-electron chi connectivity index (χ0n) is 12.4. The first-order valence-electron chi connectivity index (χ1n) is 7.21. The average Bonchev–Trinajstić information content (AvgIpc) is 3.05. The molecular weight excluding hydrogens is 320 g/mol. The number of sulfone groups is 1. The summed E-state index contributed by atoms with van der Waals surface area (Å²) in [7, 11) is -2.85. The molecule has 1 aromatic carbocycles. The van der Waals surface area contributed by atoms with Crippen molar-refractivity contribution in [2.75, 3.05) is 11.5 Å². The lowest BCUT2D eigenvalue weighted by Gasteiger charge is -2.02. The highest BCUT2D eigenvalue weighted by Gasteiger charge is 2.29. The van der Waals surface area contributed by atoms with Crippen LogP contribution < -0.4 is 0 Å². The number of hydrogen-bond donors (Lipinski definition) is 0. The summed E-state index contributed by atoms with van der Waals surface area (Å²) in [5.74, 6) is 1.94. The minimum absolute atomic E-state index is 0.111. The van der Waals surface area contributed by atoms with Gasteiger partial charge in [0.2, 0.25) is 5.89 Å². The summed E-state index contributed by atoms with van der Waals surface area (Å²) in [6.07, 6.45) is 1.24. The molecule has 0 radical (unpaired) electrons. The summed E-state index contributed by atoms with van der Waals surface area (Å²) in [6, 6.07) is 8.33. The van der Waals surface area contributed by atoms with E-state index in [2.05, 4.69) is 41.4 Å². The predicted octanol–water partition coefficient (Wildman–Crippen LogP) is 2.65. The molecule has 0 unspecified atom stereocenters. The molecule has 0 spiro atoms. The topological polar surface area (TPSA) is 73.1 Å². The summed E-state index contributed by atoms with van der Waals surface area (Å²) in [6.45, 7) is 2.06. The summed E-state index contributed by atoms with van der Waals surface area (Å²) >= 11 is 1.50. The minimum atomic E-state index is -2.85. The number of rotatable bonds is 5. The SMILES string of the molecule is Cc1ccc(CSc2nnc(C[C@H]3CCS(=O)(=O)C3)o2)cc1. The Balaban J connectivity index is 1.54. The molecule has 1 aliphatic rings. The fourth-order valence-corrected chi connectivity index (χ4v) is 5.09. The van der Waals surface area contributed by atoms with E-state index in [0.29, 0.717) is 24.0 Å². The maximum absolute atomic E-state index is 11.4. The van der Waals surface area contributed by atoms with Crippen LogP contribution in [0.2, 0.25) is 0 Å². The first-order valence-corrected chi connectivity index (χ1v) is 10.0. The molecule has 2 heterocycles. The molecular formula is C15H18N2O3S2. The fraction of sp³-hybridized carbons (Fsp3) is 0.467. The normalized spacial score (nSPS) is 20.3. The van der Waals surface area contributed by atoms with Crippen molar-refractivity contribution < 1.29 is 12.8 Å². The van der Waals surface area contributed by atoms with Crippen LogP contribution in [0.5, 0.6) is 0 Å². The minimum Gasteiger partial charge on any atom is -0.416 e. The van der Waals surface area contributed by atoms with Crippen LogP contribution >= 0.6 is 11.8 Å². The number of hydrogen-bond acceptors (Lipinski definition) is 6. The Bertz CT molecular complexity index is 738. The zero-order chi connectivity index (χ0) is 15.6. The van der Waals surface area contributed by atoms with Crippen molar-refractivity contribution in [3.05, 3.63) is 41.3 Å². The zero-order valence-corrected chi connectivity index (χ0v) is 14.0. The van der Waals surface area contributed by atoms with Gasteiger partial charge < -0.3 is 4.42 Å². The third kappa shape index (κ3) is 4.10. The molecule has 118 valence electrons. The molecule has 1 fully saturated rings. The Labute approximate surface area is 134 Å². The molecule has 1 atom stereocenters. The summed E-state index contributed by atoms with van der Waals surface area (Å²) in [5.41, 5.74) is 2.44. The third-order valence-corrected chi connectivity index (χ3v) is 6.45. The van der Waals surface area contributed by atoms with Crippen LogP contribution in [0.1, 0.15) is 23.4 Å². The van der Waals surface area contributed by atoms with Crippen molar-refractivity contribution in [2.24, 2.45) is 5.92 Å². The van der Waals surface area contributed by atoms with Gasteiger partial charge >= 0.3 is 0 Å². The Hall–Kier alpha value is -1.34. The lowest BCUT2D eigenvalue weighted by atomic mass is 10.1. The summed E-state index contributed by atoms with van der Waals surface area (Å²) in [4.78, 5) is 0. The van der Waals surface area contributed by atoms with Gasteiger partial charge in [0.15, 0.2) is 9.84 Å². The van der Waals surface area contributed by atoms with Gasteiger partial charge in [-0.05, 0) is 24.8 Å². The Morgan fingerprint density at radius 2 is 2.05 bits per heavy atom. The van der Waals surface area contributed by atoms with Gasteiger partial charge in [0, 0.05) is 12.2 Å². The van der Waals surface area contributed by atoms with Crippen molar-refractivity contribution in [3.8, 4) is 0 Å². The van der Waals surface area contributed by atoms with Gasteiger partial charge in [-0.1, -0.05) is 41.6 Å². The number of benzene rings is 1. The second-order valence-corrected chi connectivity index (χ2v) is 8.86. The van der Waals surface area contributed by atoms with Crippen molar-refractivity contribution in [1.29, 1.82) is 0 Å². The lowest BCUT2D eigenvalue weighted by Crippen LogP contribution is -2.07. The third-order valence-electron chi connectivity index (χ3n) is 3.72. The van der Waals surface area contributed by atoms with Gasteiger partial charge in [-0.3, -0.25) is 0 Å². The standard InChI is InChI=1S/C15H18N2O3S2/c1-11-2-4-12(5-3-11)9-21-15-17-16-14(20-15)8-13-6-7-22(18,19)10-13/h2-5,13H,6-10H2,1H3/t13-/m1/s1.